The van der Waals surface area contributed by atoms with Gasteiger partial charge in [0.15, 0.2) is 5.76 Å². The lowest BCUT2D eigenvalue weighted by Gasteiger charge is -2.19. The van der Waals surface area contributed by atoms with Crippen LogP contribution in [0.1, 0.15) is 53.5 Å². The first kappa shape index (κ1) is 24.6. The molecule has 10 nitrogen and oxygen atoms in total. The Kier molecular flexibility index (Phi) is 9.43. The second-order valence-corrected chi connectivity index (χ2v) is 7.19. The van der Waals surface area contributed by atoms with Crippen molar-refractivity contribution in [2.75, 3.05) is 13.2 Å². The van der Waals surface area contributed by atoms with Crippen LogP contribution in [0, 0.1) is 5.92 Å². The van der Waals surface area contributed by atoms with Gasteiger partial charge in [-0.15, -0.1) is 0 Å². The van der Waals surface area contributed by atoms with Crippen molar-refractivity contribution in [2.45, 2.75) is 32.6 Å². The summed E-state index contributed by atoms with van der Waals surface area (Å²) in [7, 11) is 0. The number of nitrogens with one attached hydrogen (secondary N) is 2. The normalized spacial score (nSPS) is 11.4. The second-order valence-electron chi connectivity index (χ2n) is 7.19. The molecule has 1 aromatic heterocycles. The molecule has 0 fully saturated rings. The van der Waals surface area contributed by atoms with Gasteiger partial charge in [-0.25, -0.2) is 9.86 Å². The van der Waals surface area contributed by atoms with Crippen LogP contribution in [-0.4, -0.2) is 52.8 Å². The van der Waals surface area contributed by atoms with Crippen LogP contribution >= 0.6 is 0 Å². The SMILES string of the molecule is CCCCC[C@H](CN(O)C=O)C(=O)NCNC(=O)c1ccc(-c2ccc(C(=O)O)cc2)o1. The van der Waals surface area contributed by atoms with Crippen molar-refractivity contribution < 1.29 is 33.9 Å². The Morgan fingerprint density at radius 3 is 2.44 bits per heavy atom. The van der Waals surface area contributed by atoms with Gasteiger partial charge >= 0.3 is 5.97 Å². The van der Waals surface area contributed by atoms with Gasteiger partial charge in [0.2, 0.25) is 12.3 Å². The van der Waals surface area contributed by atoms with Crippen LogP contribution in [0.3, 0.4) is 0 Å². The molecule has 32 heavy (non-hydrogen) atoms. The van der Waals surface area contributed by atoms with Crippen LogP contribution in [0.4, 0.5) is 0 Å². The van der Waals surface area contributed by atoms with Crippen LogP contribution in [-0.2, 0) is 9.59 Å². The minimum Gasteiger partial charge on any atom is -0.478 e. The Balaban J connectivity index is 1.89. The number of furan rings is 1. The van der Waals surface area contributed by atoms with Gasteiger partial charge in [-0.2, -0.15) is 0 Å². The van der Waals surface area contributed by atoms with E-state index in [9.17, 15) is 24.4 Å². The predicted molar refractivity (Wildman–Crippen MR) is 114 cm³/mol. The van der Waals surface area contributed by atoms with Gasteiger partial charge < -0.3 is 20.2 Å². The number of carboxylic acids is 1. The van der Waals surface area contributed by atoms with Crippen LogP contribution in [0.5, 0.6) is 0 Å². The highest BCUT2D eigenvalue weighted by Crippen LogP contribution is 2.22. The highest BCUT2D eigenvalue weighted by molar-refractivity contribution is 5.92. The molecule has 172 valence electrons. The standard InChI is InChI=1S/C22H27N3O7/c1-2-3-4-5-17(12-25(31)14-26)20(27)23-13-24-21(28)19-11-10-18(32-19)15-6-8-16(9-7-15)22(29)30/h6-11,14,17,31H,2-5,12-13H2,1H3,(H,23,27)(H,24,28)(H,29,30)/t17-/m1/s1. The molecule has 0 unspecified atom stereocenters. The number of hydrogen-bond acceptors (Lipinski definition) is 6. The molecule has 0 bridgehead atoms. The van der Waals surface area contributed by atoms with Crippen LogP contribution in [0.15, 0.2) is 40.8 Å². The third kappa shape index (κ3) is 7.24. The number of carbonyl (C=O) groups excluding carboxylic acids is 3. The summed E-state index contributed by atoms with van der Waals surface area (Å²) in [6.07, 6.45) is 3.41. The number of nitrogens with zero attached hydrogens (tertiary/aromatic N) is 1. The van der Waals surface area contributed by atoms with E-state index in [1.54, 1.807) is 18.2 Å². The fraction of sp³-hybridized carbons (Fsp3) is 0.364. The lowest BCUT2D eigenvalue weighted by atomic mass is 10.0. The average molecular weight is 445 g/mol. The largest absolute Gasteiger partial charge is 0.478 e. The summed E-state index contributed by atoms with van der Waals surface area (Å²) >= 11 is 0. The Morgan fingerprint density at radius 1 is 1.09 bits per heavy atom. The molecule has 4 N–H and O–H groups in total. The van der Waals surface area contributed by atoms with Crippen LogP contribution < -0.4 is 10.6 Å². The second kappa shape index (κ2) is 12.3. The zero-order valence-corrected chi connectivity index (χ0v) is 17.7. The van der Waals surface area contributed by atoms with E-state index in [0.29, 0.717) is 22.8 Å². The van der Waals surface area contributed by atoms with E-state index in [2.05, 4.69) is 10.6 Å². The molecule has 1 atom stereocenters. The summed E-state index contributed by atoms with van der Waals surface area (Å²) in [5.41, 5.74) is 0.750. The molecule has 0 aliphatic rings. The molecule has 1 heterocycles. The monoisotopic (exact) mass is 445 g/mol. The Hall–Kier alpha value is -3.66. The van der Waals surface area contributed by atoms with E-state index < -0.39 is 17.8 Å². The Morgan fingerprint density at radius 2 is 1.81 bits per heavy atom. The van der Waals surface area contributed by atoms with Gasteiger partial charge in [-0.1, -0.05) is 38.3 Å². The van der Waals surface area contributed by atoms with Crippen LogP contribution in [0.2, 0.25) is 0 Å². The fourth-order valence-electron chi connectivity index (χ4n) is 3.05. The minimum atomic E-state index is -1.04. The van der Waals surface area contributed by atoms with Crippen molar-refractivity contribution >= 4 is 24.2 Å². The zero-order chi connectivity index (χ0) is 23.5. The predicted octanol–water partition coefficient (Wildman–Crippen LogP) is 2.49. The number of carboxylic acid groups (broad SMARTS) is 1. The number of benzene rings is 1. The molecule has 0 spiro atoms. The molecule has 0 aliphatic heterocycles. The van der Waals surface area contributed by atoms with Gasteiger partial charge in [-0.05, 0) is 30.7 Å². The van der Waals surface area contributed by atoms with E-state index in [0.717, 1.165) is 19.3 Å². The van der Waals surface area contributed by atoms with Gasteiger partial charge in [0.05, 0.1) is 24.7 Å². The zero-order valence-electron chi connectivity index (χ0n) is 17.7. The van der Waals surface area contributed by atoms with Gasteiger partial charge in [-0.3, -0.25) is 19.6 Å². The average Bonchev–Trinajstić information content (AvgIpc) is 3.28. The lowest BCUT2D eigenvalue weighted by molar-refractivity contribution is -0.154. The molecule has 3 amide bonds. The van der Waals surface area contributed by atoms with E-state index in [1.165, 1.54) is 18.2 Å². The van der Waals surface area contributed by atoms with Gasteiger partial charge in [0, 0.05) is 5.56 Å². The Labute approximate surface area is 185 Å². The van der Waals surface area contributed by atoms with E-state index >= 15 is 0 Å². The van der Waals surface area contributed by atoms with Gasteiger partial charge in [0.25, 0.3) is 5.91 Å². The smallest absolute Gasteiger partial charge is 0.335 e. The van der Waals surface area contributed by atoms with Gasteiger partial charge in [0.1, 0.15) is 5.76 Å². The van der Waals surface area contributed by atoms with E-state index in [1.807, 2.05) is 6.92 Å². The molecule has 1 aromatic carbocycles. The number of rotatable bonds is 13. The first-order chi connectivity index (χ1) is 15.3. The first-order valence-corrected chi connectivity index (χ1v) is 10.3. The summed E-state index contributed by atoms with van der Waals surface area (Å²) in [4.78, 5) is 46.3. The highest BCUT2D eigenvalue weighted by atomic mass is 16.5. The maximum atomic E-state index is 12.4. The first-order valence-electron chi connectivity index (χ1n) is 10.3. The number of aromatic carboxylic acids is 1. The maximum Gasteiger partial charge on any atom is 0.335 e. The van der Waals surface area contributed by atoms with Crippen LogP contribution in [0.25, 0.3) is 11.3 Å². The molecule has 10 heteroatoms. The molecule has 0 saturated heterocycles. The molecule has 2 aromatic rings. The number of hydroxylamine groups is 2. The number of hydrogen-bond donors (Lipinski definition) is 4. The van der Waals surface area contributed by atoms with E-state index in [4.69, 9.17) is 9.52 Å². The quantitative estimate of drug-likeness (QED) is 0.122. The summed E-state index contributed by atoms with van der Waals surface area (Å²) < 4.78 is 5.52. The van der Waals surface area contributed by atoms with E-state index in [-0.39, 0.29) is 36.9 Å². The van der Waals surface area contributed by atoms with Crippen molar-refractivity contribution in [3.8, 4) is 11.3 Å². The van der Waals surface area contributed by atoms with Crippen molar-refractivity contribution in [1.82, 2.24) is 15.7 Å². The third-order valence-electron chi connectivity index (χ3n) is 4.81. The van der Waals surface area contributed by atoms with Crippen molar-refractivity contribution in [3.05, 3.63) is 47.7 Å². The molecular weight excluding hydrogens is 418 g/mol. The number of carbonyl (C=O) groups is 4. The highest BCUT2D eigenvalue weighted by Gasteiger charge is 2.21. The summed E-state index contributed by atoms with van der Waals surface area (Å²) in [5, 5.41) is 23.9. The molecule has 2 rings (SSSR count). The van der Waals surface area contributed by atoms with Crippen molar-refractivity contribution in [3.63, 3.8) is 0 Å². The summed E-state index contributed by atoms with van der Waals surface area (Å²) in [6.45, 7) is 1.74. The summed E-state index contributed by atoms with van der Waals surface area (Å²) in [6, 6.07) is 9.08. The third-order valence-corrected chi connectivity index (χ3v) is 4.81. The van der Waals surface area contributed by atoms with Crippen molar-refractivity contribution in [2.24, 2.45) is 5.92 Å². The number of amides is 3. The minimum absolute atomic E-state index is 0.0264. The molecular formula is C22H27N3O7. The Bertz CT molecular complexity index is 924. The number of unbranched alkanes of at least 4 members (excludes halogenated alkanes) is 2. The maximum absolute atomic E-state index is 12.4. The molecule has 0 radical (unpaired) electrons. The lowest BCUT2D eigenvalue weighted by Crippen LogP contribution is -2.42. The summed E-state index contributed by atoms with van der Waals surface area (Å²) in [5.74, 6) is -2.15. The molecule has 0 saturated carbocycles. The fourth-order valence-corrected chi connectivity index (χ4v) is 3.05. The topological polar surface area (TPSA) is 149 Å². The van der Waals surface area contributed by atoms with Crippen molar-refractivity contribution in [1.29, 1.82) is 0 Å². The molecule has 0 aliphatic carbocycles.